The molecule has 3 saturated heterocycles. The minimum Gasteiger partial charge on any atom is -0.454 e. The smallest absolute Gasteiger partial charge is 0.333 e. The summed E-state index contributed by atoms with van der Waals surface area (Å²) in [7, 11) is 0. The number of esters is 1. The molecule has 4 heterocycles. The van der Waals surface area contributed by atoms with Crippen LogP contribution in [0, 0.1) is 5.92 Å². The number of amides is 1. The zero-order chi connectivity index (χ0) is 26.1. The van der Waals surface area contributed by atoms with Crippen LogP contribution in [0.15, 0.2) is 78.9 Å². The number of carbonyl (C=O) groups is 3. The molecule has 3 aromatic carbocycles. The molecule has 3 aromatic rings. The first-order chi connectivity index (χ1) is 18.5. The van der Waals surface area contributed by atoms with Crippen molar-refractivity contribution < 1.29 is 23.6 Å². The second-order valence-electron chi connectivity index (χ2n) is 10.8. The first-order valence-electron chi connectivity index (χ1n) is 13.4. The van der Waals surface area contributed by atoms with E-state index in [1.807, 2.05) is 72.8 Å². The quantitative estimate of drug-likeness (QED) is 0.267. The average molecular weight is 511 g/mol. The Balaban J connectivity index is 1.16. The molecule has 7 nitrogen and oxygen atoms in total. The van der Waals surface area contributed by atoms with Crippen molar-refractivity contribution in [2.24, 2.45) is 5.92 Å². The number of ketones is 1. The van der Waals surface area contributed by atoms with E-state index in [-0.39, 0.29) is 23.8 Å². The molecule has 0 saturated carbocycles. The highest BCUT2D eigenvalue weighted by atomic mass is 16.5. The number of carbonyl (C=O) groups excluding carboxylic acids is 3. The van der Waals surface area contributed by atoms with Crippen molar-refractivity contribution in [1.82, 2.24) is 0 Å². The van der Waals surface area contributed by atoms with Crippen molar-refractivity contribution >= 4 is 29.0 Å². The lowest BCUT2D eigenvalue weighted by Gasteiger charge is -2.51. The fourth-order valence-electron chi connectivity index (χ4n) is 6.22. The molecule has 0 unspecified atom stereocenters. The third-order valence-electron chi connectivity index (χ3n) is 8.29. The van der Waals surface area contributed by atoms with E-state index >= 15 is 0 Å². The van der Waals surface area contributed by atoms with Crippen molar-refractivity contribution in [1.29, 1.82) is 0 Å². The fraction of sp³-hybridized carbons (Fsp3) is 0.323. The van der Waals surface area contributed by atoms with Crippen LogP contribution in [0.4, 0.5) is 11.4 Å². The highest BCUT2D eigenvalue weighted by molar-refractivity contribution is 6.02. The Morgan fingerprint density at radius 3 is 2.42 bits per heavy atom. The van der Waals surface area contributed by atoms with Crippen LogP contribution in [0.5, 0.6) is 0 Å². The number of piperidine rings is 3. The Kier molecular flexibility index (Phi) is 6.45. The predicted octanol–water partition coefficient (Wildman–Crippen LogP) is 4.37. The Bertz CT molecular complexity index is 1350. The van der Waals surface area contributed by atoms with Crippen LogP contribution in [0.1, 0.15) is 40.4 Å². The molecule has 0 aliphatic carbocycles. The Morgan fingerprint density at radius 2 is 1.68 bits per heavy atom. The lowest BCUT2D eigenvalue weighted by molar-refractivity contribution is -0.938. The number of benzene rings is 3. The summed E-state index contributed by atoms with van der Waals surface area (Å²) in [5.41, 5.74) is 4.02. The number of Topliss-reactive ketones (excluding diaryl/α,β-unsaturated/α-hetero) is 1. The number of anilines is 2. The minimum absolute atomic E-state index is 0.0372. The molecule has 3 fully saturated rings. The normalized spacial score (nSPS) is 24.3. The highest BCUT2D eigenvalue weighted by Gasteiger charge is 2.49. The second kappa shape index (κ2) is 10.1. The molecule has 4 aliphatic rings. The third kappa shape index (κ3) is 4.94. The summed E-state index contributed by atoms with van der Waals surface area (Å²) < 4.78 is 6.87. The standard InChI is InChI=1S/C31H31N3O4/c35-27(23-11-12-26-24(17-23)18-29(36)33-26)19-34-15-13-21(14-16-34)28(20-34)38-31(37)30(22-7-3-1-4-8-22)32-25-9-5-2-6-10-25/h1-12,17,21,28,30,32H,13-16,18-20H2/p+1/t21?,28-,30+,34?/m0/s1. The van der Waals surface area contributed by atoms with Gasteiger partial charge in [0.2, 0.25) is 11.7 Å². The van der Waals surface area contributed by atoms with E-state index in [4.69, 9.17) is 4.74 Å². The molecule has 7 rings (SSSR count). The van der Waals surface area contributed by atoms with E-state index in [0.717, 1.165) is 48.4 Å². The Morgan fingerprint density at radius 1 is 0.974 bits per heavy atom. The van der Waals surface area contributed by atoms with E-state index < -0.39 is 6.04 Å². The second-order valence-corrected chi connectivity index (χ2v) is 10.8. The number of nitrogens with one attached hydrogen (secondary N) is 2. The largest absolute Gasteiger partial charge is 0.454 e. The molecule has 0 aromatic heterocycles. The molecule has 194 valence electrons. The zero-order valence-electron chi connectivity index (χ0n) is 21.3. The number of hydrogen-bond donors (Lipinski definition) is 2. The molecule has 1 amide bonds. The number of hydrogen-bond acceptors (Lipinski definition) is 5. The van der Waals surface area contributed by atoms with Gasteiger partial charge >= 0.3 is 5.97 Å². The molecule has 38 heavy (non-hydrogen) atoms. The number of quaternary nitrogens is 1. The van der Waals surface area contributed by atoms with Crippen LogP contribution in [-0.2, 0) is 20.7 Å². The van der Waals surface area contributed by atoms with Crippen LogP contribution in [0.3, 0.4) is 0 Å². The van der Waals surface area contributed by atoms with Gasteiger partial charge in [-0.05, 0) is 41.5 Å². The number of fused-ring (bicyclic) bond motifs is 4. The van der Waals surface area contributed by atoms with Gasteiger partial charge in [0.15, 0.2) is 12.1 Å². The van der Waals surface area contributed by atoms with Gasteiger partial charge in [-0.15, -0.1) is 0 Å². The van der Waals surface area contributed by atoms with Gasteiger partial charge in [-0.2, -0.15) is 0 Å². The molecule has 0 spiro atoms. The SMILES string of the molecule is O=C1Cc2cc(C(=O)C[N+]34CCC(CC3)[C@@H](OC(=O)[C@H](Nc3ccccc3)c3ccccc3)C4)ccc2N1. The molecule has 7 heteroatoms. The van der Waals surface area contributed by atoms with Crippen molar-refractivity contribution in [3.05, 3.63) is 95.6 Å². The number of nitrogens with zero attached hydrogens (tertiary/aromatic N) is 1. The monoisotopic (exact) mass is 510 g/mol. The first kappa shape index (κ1) is 24.4. The molecule has 0 radical (unpaired) electrons. The summed E-state index contributed by atoms with van der Waals surface area (Å²) in [5, 5.41) is 6.17. The van der Waals surface area contributed by atoms with Gasteiger partial charge in [0.1, 0.15) is 13.1 Å². The van der Waals surface area contributed by atoms with Crippen LogP contribution in [0.25, 0.3) is 0 Å². The maximum atomic E-state index is 13.6. The van der Waals surface area contributed by atoms with E-state index in [1.54, 1.807) is 6.07 Å². The van der Waals surface area contributed by atoms with E-state index in [1.165, 1.54) is 0 Å². The lowest BCUT2D eigenvalue weighted by Crippen LogP contribution is -2.65. The minimum atomic E-state index is -0.619. The maximum Gasteiger partial charge on any atom is 0.333 e. The lowest BCUT2D eigenvalue weighted by atomic mass is 9.82. The van der Waals surface area contributed by atoms with Crippen molar-refractivity contribution in [2.75, 3.05) is 36.8 Å². The van der Waals surface area contributed by atoms with Gasteiger partial charge in [-0.1, -0.05) is 48.5 Å². The van der Waals surface area contributed by atoms with Gasteiger partial charge in [0.25, 0.3) is 0 Å². The van der Waals surface area contributed by atoms with E-state index in [0.29, 0.717) is 35.5 Å². The van der Waals surface area contributed by atoms with Crippen LogP contribution < -0.4 is 10.6 Å². The highest BCUT2D eigenvalue weighted by Crippen LogP contribution is 2.37. The third-order valence-corrected chi connectivity index (χ3v) is 8.29. The average Bonchev–Trinajstić information content (AvgIpc) is 3.32. The number of ether oxygens (including phenoxy) is 1. The van der Waals surface area contributed by atoms with Crippen LogP contribution >= 0.6 is 0 Å². The molecule has 4 aliphatic heterocycles. The van der Waals surface area contributed by atoms with Gasteiger partial charge in [-0.25, -0.2) is 4.79 Å². The summed E-state index contributed by atoms with van der Waals surface area (Å²) >= 11 is 0. The van der Waals surface area contributed by atoms with Crippen molar-refractivity contribution in [3.63, 3.8) is 0 Å². The molecular formula is C31H32N3O4+. The maximum absolute atomic E-state index is 13.6. The van der Waals surface area contributed by atoms with E-state index in [2.05, 4.69) is 10.6 Å². The van der Waals surface area contributed by atoms with Gasteiger partial charge < -0.3 is 19.9 Å². The summed E-state index contributed by atoms with van der Waals surface area (Å²) in [6, 6.07) is 24.2. The van der Waals surface area contributed by atoms with Gasteiger partial charge in [0, 0.05) is 35.7 Å². The fourth-order valence-corrected chi connectivity index (χ4v) is 6.22. The van der Waals surface area contributed by atoms with Crippen LogP contribution in [0.2, 0.25) is 0 Å². The molecular weight excluding hydrogens is 478 g/mol. The van der Waals surface area contributed by atoms with Gasteiger partial charge in [0.05, 0.1) is 19.5 Å². The van der Waals surface area contributed by atoms with E-state index in [9.17, 15) is 14.4 Å². The molecule has 2 N–H and O–H groups in total. The number of rotatable bonds is 8. The predicted molar refractivity (Wildman–Crippen MR) is 145 cm³/mol. The van der Waals surface area contributed by atoms with Gasteiger partial charge in [-0.3, -0.25) is 9.59 Å². The topological polar surface area (TPSA) is 84.5 Å². The summed E-state index contributed by atoms with van der Waals surface area (Å²) in [6.07, 6.45) is 1.98. The van der Waals surface area contributed by atoms with Crippen molar-refractivity contribution in [2.45, 2.75) is 31.4 Å². The Hall–Kier alpha value is -3.97. The zero-order valence-corrected chi connectivity index (χ0v) is 21.3. The molecule has 2 bridgehead atoms. The Labute approximate surface area is 222 Å². The van der Waals surface area contributed by atoms with Crippen molar-refractivity contribution in [3.8, 4) is 0 Å². The number of para-hydroxylation sites is 1. The molecule has 2 atom stereocenters. The van der Waals surface area contributed by atoms with Crippen LogP contribution in [-0.4, -0.2) is 54.4 Å². The summed E-state index contributed by atoms with van der Waals surface area (Å²) in [5.74, 6) is 0.0635. The summed E-state index contributed by atoms with van der Waals surface area (Å²) in [4.78, 5) is 38.7. The summed E-state index contributed by atoms with van der Waals surface area (Å²) in [6.45, 7) is 2.87. The first-order valence-corrected chi connectivity index (χ1v) is 13.4.